The first-order valence-corrected chi connectivity index (χ1v) is 4.17. The lowest BCUT2D eigenvalue weighted by molar-refractivity contribution is 0.200. The molecule has 0 amide bonds. The van der Waals surface area contributed by atoms with Crippen LogP contribution in [0.3, 0.4) is 0 Å². The first-order valence-electron chi connectivity index (χ1n) is 3.37. The molecule has 0 saturated heterocycles. The molecule has 1 N–H and O–H groups in total. The number of hydrogen-bond acceptors (Lipinski definition) is 1. The van der Waals surface area contributed by atoms with Gasteiger partial charge in [-0.25, -0.2) is 0 Å². The number of aliphatic hydroxyl groups is 1. The van der Waals surface area contributed by atoms with E-state index in [0.717, 1.165) is 10.0 Å². The number of hydrogen-bond donors (Lipinski definition) is 1. The Morgan fingerprint density at radius 2 is 1.91 bits per heavy atom. The minimum absolute atomic E-state index is 0.266. The van der Waals surface area contributed by atoms with Gasteiger partial charge in [-0.3, -0.25) is 0 Å². The van der Waals surface area contributed by atoms with E-state index in [2.05, 4.69) is 15.9 Å². The lowest BCUT2D eigenvalue weighted by Crippen LogP contribution is -1.94. The third-order valence-electron chi connectivity index (χ3n) is 1.48. The van der Waals surface area contributed by atoms with Crippen molar-refractivity contribution in [2.45, 2.75) is 12.4 Å². The minimum atomic E-state index is -0.539. The molecule has 0 aliphatic heterocycles. The van der Waals surface area contributed by atoms with Crippen LogP contribution in [0, 0.1) is 0 Å². The zero-order valence-electron chi connectivity index (χ0n) is 6.00. The van der Waals surface area contributed by atoms with Crippen molar-refractivity contribution in [3.05, 3.63) is 34.3 Å². The lowest BCUT2D eigenvalue weighted by Gasteiger charge is -2.06. The van der Waals surface area contributed by atoms with Crippen LogP contribution in [0.15, 0.2) is 28.7 Å². The van der Waals surface area contributed by atoms with Gasteiger partial charge in [0.15, 0.2) is 0 Å². The third kappa shape index (κ3) is 2.35. The van der Waals surface area contributed by atoms with Gasteiger partial charge < -0.3 is 5.11 Å². The molecular weight excluding hydrogens is 203 g/mol. The number of halogens is 1. The second-order valence-electron chi connectivity index (χ2n) is 2.30. The molecule has 1 nitrogen and oxygen atoms in total. The fourth-order valence-corrected chi connectivity index (χ4v) is 1.09. The Morgan fingerprint density at radius 1 is 1.36 bits per heavy atom. The van der Waals surface area contributed by atoms with Crippen LogP contribution in [-0.4, -0.2) is 13.0 Å². The van der Waals surface area contributed by atoms with Gasteiger partial charge >= 0.3 is 0 Å². The molecule has 0 spiro atoms. The molecule has 0 bridgehead atoms. The Hall–Kier alpha value is -0.275. The molecule has 0 heterocycles. The molecule has 1 aromatic rings. The molecule has 0 aliphatic rings. The molecule has 0 unspecified atom stereocenters. The van der Waals surface area contributed by atoms with Crippen LogP contribution in [0.1, 0.15) is 11.7 Å². The number of benzene rings is 1. The predicted octanol–water partition coefficient (Wildman–Crippen LogP) is 2.07. The molecule has 11 heavy (non-hydrogen) atoms. The standard InChI is InChI=1S/C8H8BBrO/c9-5-8(11)6-1-3-7(10)4-2-6/h1-4,8,11H,5H2/t8-/m1/s1. The summed E-state index contributed by atoms with van der Waals surface area (Å²) >= 11 is 3.30. The highest BCUT2D eigenvalue weighted by molar-refractivity contribution is 9.10. The van der Waals surface area contributed by atoms with Crippen molar-refractivity contribution in [2.75, 3.05) is 0 Å². The topological polar surface area (TPSA) is 20.2 Å². The van der Waals surface area contributed by atoms with Crippen LogP contribution in [0.5, 0.6) is 0 Å². The van der Waals surface area contributed by atoms with Gasteiger partial charge in [-0.05, 0) is 17.7 Å². The SMILES string of the molecule is [B]C[C@@H](O)c1ccc(Br)cc1. The van der Waals surface area contributed by atoms with Gasteiger partial charge in [-0.15, -0.1) is 0 Å². The smallest absolute Gasteiger partial charge is 0.0713 e. The summed E-state index contributed by atoms with van der Waals surface area (Å²) in [5.41, 5.74) is 0.857. The molecule has 0 saturated carbocycles. The van der Waals surface area contributed by atoms with Gasteiger partial charge in [0.25, 0.3) is 0 Å². The zero-order chi connectivity index (χ0) is 8.27. The van der Waals surface area contributed by atoms with E-state index in [1.807, 2.05) is 24.3 Å². The zero-order valence-corrected chi connectivity index (χ0v) is 7.58. The van der Waals surface area contributed by atoms with E-state index in [0.29, 0.717) is 0 Å². The molecule has 0 aliphatic carbocycles. The Balaban J connectivity index is 2.81. The number of rotatable bonds is 2. The summed E-state index contributed by atoms with van der Waals surface area (Å²) in [5, 5.41) is 9.28. The molecule has 1 atom stereocenters. The number of aliphatic hydroxyl groups excluding tert-OH is 1. The second-order valence-corrected chi connectivity index (χ2v) is 3.22. The second kappa shape index (κ2) is 3.93. The van der Waals surface area contributed by atoms with E-state index >= 15 is 0 Å². The van der Waals surface area contributed by atoms with Crippen LogP contribution in [0.25, 0.3) is 0 Å². The summed E-state index contributed by atoms with van der Waals surface area (Å²) in [6, 6.07) is 7.46. The Morgan fingerprint density at radius 3 is 2.36 bits per heavy atom. The first kappa shape index (κ1) is 8.82. The molecule has 2 radical (unpaired) electrons. The maximum absolute atomic E-state index is 9.28. The summed E-state index contributed by atoms with van der Waals surface area (Å²) < 4.78 is 1.01. The highest BCUT2D eigenvalue weighted by Gasteiger charge is 2.02. The summed E-state index contributed by atoms with van der Waals surface area (Å²) in [7, 11) is 5.28. The van der Waals surface area contributed by atoms with Crippen molar-refractivity contribution < 1.29 is 5.11 Å². The van der Waals surface area contributed by atoms with Gasteiger partial charge in [0.1, 0.15) is 0 Å². The Bertz CT molecular complexity index is 222. The normalized spacial score (nSPS) is 12.9. The maximum atomic E-state index is 9.28. The van der Waals surface area contributed by atoms with Crippen molar-refractivity contribution in [2.24, 2.45) is 0 Å². The lowest BCUT2D eigenvalue weighted by atomic mass is 9.94. The van der Waals surface area contributed by atoms with Crippen LogP contribution in [0.4, 0.5) is 0 Å². The van der Waals surface area contributed by atoms with E-state index in [4.69, 9.17) is 7.85 Å². The monoisotopic (exact) mass is 210 g/mol. The van der Waals surface area contributed by atoms with Crippen LogP contribution in [-0.2, 0) is 0 Å². The van der Waals surface area contributed by atoms with E-state index in [9.17, 15) is 5.11 Å². The van der Waals surface area contributed by atoms with Crippen LogP contribution in [0.2, 0.25) is 6.32 Å². The first-order chi connectivity index (χ1) is 5.24. The molecule has 0 aromatic heterocycles. The average Bonchev–Trinajstić information content (AvgIpc) is 2.05. The summed E-state index contributed by atoms with van der Waals surface area (Å²) in [4.78, 5) is 0. The maximum Gasteiger partial charge on any atom is 0.0713 e. The summed E-state index contributed by atoms with van der Waals surface area (Å²) in [5.74, 6) is 0. The molecule has 56 valence electrons. The van der Waals surface area contributed by atoms with Crippen molar-refractivity contribution >= 4 is 23.8 Å². The molecular formula is C8H8BBrO. The van der Waals surface area contributed by atoms with Gasteiger partial charge in [0.05, 0.1) is 14.0 Å². The van der Waals surface area contributed by atoms with Gasteiger partial charge in [0, 0.05) is 4.47 Å². The minimum Gasteiger partial charge on any atom is -0.389 e. The van der Waals surface area contributed by atoms with Crippen molar-refractivity contribution in [3.8, 4) is 0 Å². The highest BCUT2D eigenvalue weighted by Crippen LogP contribution is 2.18. The van der Waals surface area contributed by atoms with Gasteiger partial charge in [0.2, 0.25) is 0 Å². The van der Waals surface area contributed by atoms with Gasteiger partial charge in [-0.2, -0.15) is 0 Å². The fraction of sp³-hybridized carbons (Fsp3) is 0.250. The Kier molecular flexibility index (Phi) is 3.15. The largest absolute Gasteiger partial charge is 0.389 e. The molecule has 3 heteroatoms. The van der Waals surface area contributed by atoms with Crippen LogP contribution >= 0.6 is 15.9 Å². The third-order valence-corrected chi connectivity index (χ3v) is 2.01. The van der Waals surface area contributed by atoms with Crippen molar-refractivity contribution in [1.29, 1.82) is 0 Å². The summed E-state index contributed by atoms with van der Waals surface area (Å²) in [6.45, 7) is 0. The quantitative estimate of drug-likeness (QED) is 0.742. The van der Waals surface area contributed by atoms with E-state index in [1.54, 1.807) is 0 Å². The fourth-order valence-electron chi connectivity index (χ4n) is 0.821. The highest BCUT2D eigenvalue weighted by atomic mass is 79.9. The molecule has 1 rings (SSSR count). The van der Waals surface area contributed by atoms with E-state index < -0.39 is 6.10 Å². The van der Waals surface area contributed by atoms with Crippen molar-refractivity contribution in [3.63, 3.8) is 0 Å². The van der Waals surface area contributed by atoms with Gasteiger partial charge in [-0.1, -0.05) is 34.4 Å². The molecule has 0 fully saturated rings. The van der Waals surface area contributed by atoms with Crippen LogP contribution < -0.4 is 0 Å². The van der Waals surface area contributed by atoms with E-state index in [-0.39, 0.29) is 6.32 Å². The Labute approximate surface area is 76.0 Å². The predicted molar refractivity (Wildman–Crippen MR) is 49.7 cm³/mol. The average molecular weight is 211 g/mol. The summed E-state index contributed by atoms with van der Waals surface area (Å²) in [6.07, 6.45) is -0.273. The molecule has 1 aromatic carbocycles. The van der Waals surface area contributed by atoms with E-state index in [1.165, 1.54) is 0 Å². The van der Waals surface area contributed by atoms with Crippen molar-refractivity contribution in [1.82, 2.24) is 0 Å².